The molecule has 11 atom stereocenters. The molecule has 0 spiro atoms. The zero-order valence-electron chi connectivity index (χ0n) is 29.4. The van der Waals surface area contributed by atoms with Crippen LogP contribution in [0.4, 0.5) is 0 Å². The molecule has 0 amide bonds. The molecule has 1 saturated heterocycles. The second-order valence-corrected chi connectivity index (χ2v) is 16.2. The highest BCUT2D eigenvalue weighted by Gasteiger charge is 2.55. The van der Waals surface area contributed by atoms with Gasteiger partial charge in [-0.3, -0.25) is 0 Å². The van der Waals surface area contributed by atoms with Crippen molar-refractivity contribution in [1.29, 1.82) is 0 Å². The van der Waals surface area contributed by atoms with E-state index in [2.05, 4.69) is 55.4 Å². The molecule has 1 heterocycles. The Morgan fingerprint density at radius 2 is 1.72 bits per heavy atom. The van der Waals surface area contributed by atoms with E-state index in [4.69, 9.17) is 18.9 Å². The molecule has 3 aliphatic rings. The maximum absolute atomic E-state index is 11.3. The van der Waals surface area contributed by atoms with Gasteiger partial charge in [-0.05, 0) is 102 Å². The fourth-order valence-electron chi connectivity index (χ4n) is 9.09. The van der Waals surface area contributed by atoms with E-state index in [0.29, 0.717) is 18.3 Å². The standard InChI is InChI=1S/C36H68O7/c1-11-13-17-36(22-29(42-32(36)39)26(6)41-31(38)34(10,12-2)19-24(3)4)27(7)40-23-30(37)43-33(8,9)35-16-14-15-28(21-35)18-25(5)20-35/h24-32,37-39H,11-23H2,1-10H3. The molecule has 2 bridgehead atoms. The fraction of sp³-hybridized carbons (Fsp3) is 1.00. The van der Waals surface area contributed by atoms with E-state index in [-0.39, 0.29) is 29.6 Å². The molecule has 254 valence electrons. The Balaban J connectivity index is 1.64. The number of aliphatic hydroxyl groups excluding tert-OH is 3. The summed E-state index contributed by atoms with van der Waals surface area (Å²) < 4.78 is 25.1. The van der Waals surface area contributed by atoms with Gasteiger partial charge in [-0.25, -0.2) is 0 Å². The summed E-state index contributed by atoms with van der Waals surface area (Å²) in [5.74, 6) is 1.89. The zero-order valence-corrected chi connectivity index (χ0v) is 29.4. The van der Waals surface area contributed by atoms with Crippen LogP contribution in [0.2, 0.25) is 0 Å². The van der Waals surface area contributed by atoms with Gasteiger partial charge in [-0.1, -0.05) is 67.2 Å². The first-order chi connectivity index (χ1) is 20.0. The zero-order chi connectivity index (χ0) is 32.2. The van der Waals surface area contributed by atoms with Crippen LogP contribution in [0.15, 0.2) is 0 Å². The van der Waals surface area contributed by atoms with E-state index in [1.54, 1.807) is 0 Å². The molecule has 1 aliphatic heterocycles. The summed E-state index contributed by atoms with van der Waals surface area (Å²) in [7, 11) is 0. The highest BCUT2D eigenvalue weighted by molar-refractivity contribution is 5.02. The second-order valence-electron chi connectivity index (χ2n) is 16.2. The van der Waals surface area contributed by atoms with E-state index in [1.165, 1.54) is 25.7 Å². The molecule has 3 fully saturated rings. The molecule has 7 nitrogen and oxygen atoms in total. The van der Waals surface area contributed by atoms with E-state index in [9.17, 15) is 15.3 Å². The molecular weight excluding hydrogens is 544 g/mol. The van der Waals surface area contributed by atoms with E-state index in [1.807, 2.05) is 13.8 Å². The van der Waals surface area contributed by atoms with Crippen LogP contribution in [0.25, 0.3) is 0 Å². The highest BCUT2D eigenvalue weighted by Crippen LogP contribution is 2.57. The van der Waals surface area contributed by atoms with Gasteiger partial charge in [0, 0.05) is 10.8 Å². The van der Waals surface area contributed by atoms with Crippen molar-refractivity contribution in [3.05, 3.63) is 0 Å². The minimum absolute atomic E-state index is 0.0414. The Labute approximate surface area is 263 Å². The normalized spacial score (nSPS) is 35.9. The van der Waals surface area contributed by atoms with Gasteiger partial charge in [0.05, 0.1) is 30.5 Å². The van der Waals surface area contributed by atoms with Crippen LogP contribution in [0.5, 0.6) is 0 Å². The van der Waals surface area contributed by atoms with E-state index in [0.717, 1.165) is 50.9 Å². The summed E-state index contributed by atoms with van der Waals surface area (Å²) in [5.41, 5.74) is -1.36. The minimum Gasteiger partial charge on any atom is -0.372 e. The lowest BCUT2D eigenvalue weighted by Gasteiger charge is -2.56. The van der Waals surface area contributed by atoms with Crippen molar-refractivity contribution in [1.82, 2.24) is 0 Å². The first-order valence-corrected chi connectivity index (χ1v) is 17.7. The van der Waals surface area contributed by atoms with Gasteiger partial charge in [0.15, 0.2) is 18.9 Å². The van der Waals surface area contributed by atoms with Crippen molar-refractivity contribution in [3.8, 4) is 0 Å². The third-order valence-corrected chi connectivity index (χ3v) is 11.9. The third-order valence-electron chi connectivity index (χ3n) is 11.9. The van der Waals surface area contributed by atoms with Gasteiger partial charge < -0.3 is 34.3 Å². The van der Waals surface area contributed by atoms with Crippen LogP contribution >= 0.6 is 0 Å². The van der Waals surface area contributed by atoms with Crippen molar-refractivity contribution in [2.75, 3.05) is 6.61 Å². The molecule has 3 rings (SSSR count). The van der Waals surface area contributed by atoms with Crippen LogP contribution in [-0.2, 0) is 18.9 Å². The number of aliphatic hydroxyl groups is 3. The van der Waals surface area contributed by atoms with Gasteiger partial charge in [0.1, 0.15) is 0 Å². The van der Waals surface area contributed by atoms with Crippen LogP contribution in [0.1, 0.15) is 146 Å². The van der Waals surface area contributed by atoms with Crippen molar-refractivity contribution in [3.63, 3.8) is 0 Å². The van der Waals surface area contributed by atoms with Crippen molar-refractivity contribution in [2.24, 2.45) is 34.0 Å². The number of hydrogen-bond donors (Lipinski definition) is 3. The molecule has 0 aromatic rings. The molecule has 0 aromatic carbocycles. The monoisotopic (exact) mass is 612 g/mol. The van der Waals surface area contributed by atoms with Crippen LogP contribution in [0.3, 0.4) is 0 Å². The first-order valence-electron chi connectivity index (χ1n) is 17.7. The molecule has 2 aliphatic carbocycles. The highest BCUT2D eigenvalue weighted by atomic mass is 16.7. The average Bonchev–Trinajstić information content (AvgIpc) is 3.26. The molecule has 2 saturated carbocycles. The van der Waals surface area contributed by atoms with Crippen LogP contribution in [-0.4, -0.2) is 64.7 Å². The van der Waals surface area contributed by atoms with Crippen LogP contribution < -0.4 is 0 Å². The Bertz CT molecular complexity index is 845. The molecule has 11 unspecified atom stereocenters. The number of rotatable bonds is 17. The summed E-state index contributed by atoms with van der Waals surface area (Å²) >= 11 is 0. The molecule has 0 aromatic heterocycles. The van der Waals surface area contributed by atoms with Crippen LogP contribution in [0, 0.1) is 34.0 Å². The van der Waals surface area contributed by atoms with E-state index >= 15 is 0 Å². The lowest BCUT2D eigenvalue weighted by Crippen LogP contribution is -2.53. The third kappa shape index (κ3) is 8.55. The van der Waals surface area contributed by atoms with Gasteiger partial charge in [-0.15, -0.1) is 0 Å². The van der Waals surface area contributed by atoms with Crippen molar-refractivity contribution >= 4 is 0 Å². The van der Waals surface area contributed by atoms with Crippen molar-refractivity contribution in [2.45, 2.75) is 189 Å². The Kier molecular flexibility index (Phi) is 13.0. The molecule has 3 N–H and O–H groups in total. The smallest absolute Gasteiger partial charge is 0.178 e. The first kappa shape index (κ1) is 37.2. The fourth-order valence-corrected chi connectivity index (χ4v) is 9.09. The molecule has 43 heavy (non-hydrogen) atoms. The summed E-state index contributed by atoms with van der Waals surface area (Å²) in [5, 5.41) is 33.5. The summed E-state index contributed by atoms with van der Waals surface area (Å²) in [6.07, 6.45) is 8.09. The summed E-state index contributed by atoms with van der Waals surface area (Å²) in [6, 6.07) is 0. The average molecular weight is 613 g/mol. The Hall–Kier alpha value is -0.280. The van der Waals surface area contributed by atoms with Gasteiger partial charge in [0.2, 0.25) is 0 Å². The van der Waals surface area contributed by atoms with E-state index < -0.39 is 36.0 Å². The quantitative estimate of drug-likeness (QED) is 0.146. The Morgan fingerprint density at radius 1 is 1.02 bits per heavy atom. The molecule has 0 radical (unpaired) electrons. The lowest BCUT2D eigenvalue weighted by atomic mass is 9.53. The van der Waals surface area contributed by atoms with Gasteiger partial charge >= 0.3 is 0 Å². The molecule has 7 heteroatoms. The largest absolute Gasteiger partial charge is 0.372 e. The summed E-state index contributed by atoms with van der Waals surface area (Å²) in [6.45, 7) is 21.2. The topological polar surface area (TPSA) is 97.6 Å². The Morgan fingerprint density at radius 3 is 2.35 bits per heavy atom. The minimum atomic E-state index is -1.05. The van der Waals surface area contributed by atoms with Gasteiger partial charge in [-0.2, -0.15) is 0 Å². The number of ether oxygens (including phenoxy) is 4. The number of fused-ring (bicyclic) bond motifs is 2. The SMILES string of the molecule is CCCCC1(C(C)OCC(O)OC(C)(C)C23CCCC(CC(C)C2)C3)CC(C(C)OC(O)C(C)(CC)CC(C)C)OC1O. The predicted octanol–water partition coefficient (Wildman–Crippen LogP) is 7.58. The van der Waals surface area contributed by atoms with Gasteiger partial charge in [0.25, 0.3) is 0 Å². The maximum Gasteiger partial charge on any atom is 0.178 e. The number of unbranched alkanes of at least 4 members (excludes halogenated alkanes) is 1. The lowest BCUT2D eigenvalue weighted by molar-refractivity contribution is -0.260. The summed E-state index contributed by atoms with van der Waals surface area (Å²) in [4.78, 5) is 0. The maximum atomic E-state index is 11.3. The van der Waals surface area contributed by atoms with Crippen molar-refractivity contribution < 1.29 is 34.3 Å². The second kappa shape index (κ2) is 15.1. The predicted molar refractivity (Wildman–Crippen MR) is 171 cm³/mol. The number of hydrogen-bond acceptors (Lipinski definition) is 7. The molecular formula is C36H68O7.